The molecule has 0 heterocycles. The molecule has 2 nitrogen and oxygen atoms in total. The largest absolute Gasteiger partial charge is 0.329 e. The molecule has 3 N–H and O–H groups in total. The summed E-state index contributed by atoms with van der Waals surface area (Å²) in [5, 5.41) is 3.58. The second kappa shape index (κ2) is 6.18. The topological polar surface area (TPSA) is 38.0 Å². The SMILES string of the molecule is CC(C)C(CN)NCC(C)(C)c1ccccc1. The van der Waals surface area contributed by atoms with Gasteiger partial charge in [0.1, 0.15) is 0 Å². The molecule has 0 aliphatic rings. The molecular weight excluding hydrogens is 208 g/mol. The average Bonchev–Trinajstić information content (AvgIpc) is 2.30. The number of hydrogen-bond donors (Lipinski definition) is 2. The zero-order valence-corrected chi connectivity index (χ0v) is 11.5. The summed E-state index contributed by atoms with van der Waals surface area (Å²) in [4.78, 5) is 0. The Balaban J connectivity index is 2.61. The second-order valence-electron chi connectivity index (χ2n) is 5.72. The van der Waals surface area contributed by atoms with Gasteiger partial charge >= 0.3 is 0 Å². The quantitative estimate of drug-likeness (QED) is 0.794. The van der Waals surface area contributed by atoms with Crippen LogP contribution < -0.4 is 11.1 Å². The maximum absolute atomic E-state index is 5.78. The molecule has 17 heavy (non-hydrogen) atoms. The smallest absolute Gasteiger partial charge is 0.0213 e. The first-order valence-corrected chi connectivity index (χ1v) is 6.46. The highest BCUT2D eigenvalue weighted by Gasteiger charge is 2.22. The van der Waals surface area contributed by atoms with E-state index in [0.717, 1.165) is 6.54 Å². The molecule has 2 heteroatoms. The van der Waals surface area contributed by atoms with Crippen LogP contribution in [-0.2, 0) is 5.41 Å². The Labute approximate surface area is 106 Å². The minimum absolute atomic E-state index is 0.142. The minimum atomic E-state index is 0.142. The van der Waals surface area contributed by atoms with Gasteiger partial charge in [-0.15, -0.1) is 0 Å². The predicted octanol–water partition coefficient (Wildman–Crippen LogP) is 2.54. The molecule has 0 radical (unpaired) electrons. The number of benzene rings is 1. The standard InChI is InChI=1S/C15H26N2/c1-12(2)14(10-16)17-11-15(3,4)13-8-6-5-7-9-13/h5-9,12,14,17H,10-11,16H2,1-4H3. The molecule has 1 aromatic rings. The normalized spacial score (nSPS) is 14.0. The van der Waals surface area contributed by atoms with Gasteiger partial charge in [-0.25, -0.2) is 0 Å². The Kier molecular flexibility index (Phi) is 5.16. The van der Waals surface area contributed by atoms with Crippen LogP contribution in [0, 0.1) is 5.92 Å². The molecule has 1 unspecified atom stereocenters. The first kappa shape index (κ1) is 14.2. The summed E-state index contributed by atoms with van der Waals surface area (Å²) in [6, 6.07) is 11.0. The van der Waals surface area contributed by atoms with E-state index < -0.39 is 0 Å². The summed E-state index contributed by atoms with van der Waals surface area (Å²) in [6.07, 6.45) is 0. The molecule has 0 spiro atoms. The van der Waals surface area contributed by atoms with Crippen LogP contribution in [0.1, 0.15) is 33.3 Å². The van der Waals surface area contributed by atoms with E-state index in [2.05, 4.69) is 63.3 Å². The Bertz CT molecular complexity index is 317. The van der Waals surface area contributed by atoms with Gasteiger partial charge in [0.2, 0.25) is 0 Å². The Morgan fingerprint density at radius 2 is 1.76 bits per heavy atom. The van der Waals surface area contributed by atoms with E-state index in [9.17, 15) is 0 Å². The highest BCUT2D eigenvalue weighted by Crippen LogP contribution is 2.22. The third-order valence-corrected chi connectivity index (χ3v) is 3.42. The Morgan fingerprint density at radius 1 is 1.18 bits per heavy atom. The van der Waals surface area contributed by atoms with Gasteiger partial charge in [-0.3, -0.25) is 0 Å². The minimum Gasteiger partial charge on any atom is -0.329 e. The molecule has 96 valence electrons. The fourth-order valence-electron chi connectivity index (χ4n) is 1.97. The number of hydrogen-bond acceptors (Lipinski definition) is 2. The Morgan fingerprint density at radius 3 is 2.24 bits per heavy atom. The number of rotatable bonds is 6. The van der Waals surface area contributed by atoms with E-state index in [0.29, 0.717) is 18.5 Å². The number of nitrogens with one attached hydrogen (secondary N) is 1. The highest BCUT2D eigenvalue weighted by molar-refractivity contribution is 5.23. The first-order valence-electron chi connectivity index (χ1n) is 6.46. The van der Waals surface area contributed by atoms with Crippen LogP contribution in [0.25, 0.3) is 0 Å². The molecule has 1 rings (SSSR count). The van der Waals surface area contributed by atoms with E-state index >= 15 is 0 Å². The van der Waals surface area contributed by atoms with Crippen molar-refractivity contribution < 1.29 is 0 Å². The van der Waals surface area contributed by atoms with Crippen LogP contribution >= 0.6 is 0 Å². The lowest BCUT2D eigenvalue weighted by Gasteiger charge is -2.30. The van der Waals surface area contributed by atoms with Gasteiger partial charge in [0, 0.05) is 24.5 Å². The van der Waals surface area contributed by atoms with Crippen molar-refractivity contribution in [3.63, 3.8) is 0 Å². The zero-order chi connectivity index (χ0) is 12.9. The summed E-state index contributed by atoms with van der Waals surface area (Å²) < 4.78 is 0. The molecule has 0 bridgehead atoms. The van der Waals surface area contributed by atoms with Crippen molar-refractivity contribution in [3.05, 3.63) is 35.9 Å². The molecule has 0 saturated heterocycles. The van der Waals surface area contributed by atoms with Crippen molar-refractivity contribution in [1.82, 2.24) is 5.32 Å². The molecule has 0 aromatic heterocycles. The van der Waals surface area contributed by atoms with Crippen molar-refractivity contribution in [3.8, 4) is 0 Å². The van der Waals surface area contributed by atoms with Gasteiger partial charge in [0.15, 0.2) is 0 Å². The van der Waals surface area contributed by atoms with E-state index in [1.54, 1.807) is 0 Å². The van der Waals surface area contributed by atoms with E-state index in [4.69, 9.17) is 5.73 Å². The van der Waals surface area contributed by atoms with Gasteiger partial charge < -0.3 is 11.1 Å². The van der Waals surface area contributed by atoms with Crippen LogP contribution in [0.3, 0.4) is 0 Å². The van der Waals surface area contributed by atoms with Crippen molar-refractivity contribution in [2.75, 3.05) is 13.1 Å². The lowest BCUT2D eigenvalue weighted by Crippen LogP contribution is -2.45. The van der Waals surface area contributed by atoms with Crippen LogP contribution in [0.4, 0.5) is 0 Å². The van der Waals surface area contributed by atoms with Gasteiger partial charge in [-0.05, 0) is 11.5 Å². The van der Waals surface area contributed by atoms with E-state index in [1.807, 2.05) is 0 Å². The summed E-state index contributed by atoms with van der Waals surface area (Å²) in [7, 11) is 0. The maximum atomic E-state index is 5.78. The molecule has 1 atom stereocenters. The molecule has 0 fully saturated rings. The lowest BCUT2D eigenvalue weighted by molar-refractivity contribution is 0.360. The number of nitrogens with two attached hydrogens (primary N) is 1. The monoisotopic (exact) mass is 234 g/mol. The van der Waals surface area contributed by atoms with Gasteiger partial charge in [0.05, 0.1) is 0 Å². The van der Waals surface area contributed by atoms with E-state index in [-0.39, 0.29) is 5.41 Å². The third-order valence-electron chi connectivity index (χ3n) is 3.42. The summed E-state index contributed by atoms with van der Waals surface area (Å²) in [6.45, 7) is 10.6. The van der Waals surface area contributed by atoms with Gasteiger partial charge in [-0.2, -0.15) is 0 Å². The van der Waals surface area contributed by atoms with Crippen molar-refractivity contribution in [1.29, 1.82) is 0 Å². The fraction of sp³-hybridized carbons (Fsp3) is 0.600. The lowest BCUT2D eigenvalue weighted by atomic mass is 9.84. The summed E-state index contributed by atoms with van der Waals surface area (Å²) in [5.74, 6) is 0.576. The molecule has 0 amide bonds. The summed E-state index contributed by atoms with van der Waals surface area (Å²) in [5.41, 5.74) is 7.29. The molecule has 0 saturated carbocycles. The second-order valence-corrected chi connectivity index (χ2v) is 5.72. The van der Waals surface area contributed by atoms with Gasteiger partial charge in [-0.1, -0.05) is 58.0 Å². The third kappa shape index (κ3) is 4.14. The van der Waals surface area contributed by atoms with Crippen molar-refractivity contribution in [2.24, 2.45) is 11.7 Å². The zero-order valence-electron chi connectivity index (χ0n) is 11.5. The van der Waals surface area contributed by atoms with Crippen molar-refractivity contribution >= 4 is 0 Å². The molecular formula is C15H26N2. The maximum Gasteiger partial charge on any atom is 0.0213 e. The predicted molar refractivity (Wildman–Crippen MR) is 75.2 cm³/mol. The molecule has 0 aliphatic heterocycles. The van der Waals surface area contributed by atoms with Crippen molar-refractivity contribution in [2.45, 2.75) is 39.2 Å². The molecule has 1 aromatic carbocycles. The van der Waals surface area contributed by atoms with Crippen LogP contribution in [0.15, 0.2) is 30.3 Å². The van der Waals surface area contributed by atoms with Crippen LogP contribution in [0.5, 0.6) is 0 Å². The van der Waals surface area contributed by atoms with Crippen LogP contribution in [-0.4, -0.2) is 19.1 Å². The van der Waals surface area contributed by atoms with Crippen LogP contribution in [0.2, 0.25) is 0 Å². The Hall–Kier alpha value is -0.860. The first-order chi connectivity index (χ1) is 7.97. The average molecular weight is 234 g/mol. The fourth-order valence-corrected chi connectivity index (χ4v) is 1.97. The van der Waals surface area contributed by atoms with Gasteiger partial charge in [0.25, 0.3) is 0 Å². The highest BCUT2D eigenvalue weighted by atomic mass is 14.9. The van der Waals surface area contributed by atoms with E-state index in [1.165, 1.54) is 5.56 Å². The molecule has 0 aliphatic carbocycles. The summed E-state index contributed by atoms with van der Waals surface area (Å²) >= 11 is 0.